The molecule has 0 fully saturated rings. The highest BCUT2D eigenvalue weighted by Crippen LogP contribution is 2.22. The fourth-order valence-corrected chi connectivity index (χ4v) is 2.72. The molecule has 0 bridgehead atoms. The van der Waals surface area contributed by atoms with Gasteiger partial charge in [-0.25, -0.2) is 0 Å². The third kappa shape index (κ3) is 5.01. The fourth-order valence-electron chi connectivity index (χ4n) is 2.72. The number of Topliss-reactive ketones (excluding diaryl/α,β-unsaturated/α-hetero) is 1. The van der Waals surface area contributed by atoms with Crippen LogP contribution in [0.15, 0.2) is 72.8 Å². The van der Waals surface area contributed by atoms with E-state index in [1.165, 1.54) is 0 Å². The molecule has 3 aromatic carbocycles. The van der Waals surface area contributed by atoms with E-state index in [-0.39, 0.29) is 25.2 Å². The maximum absolute atomic E-state index is 12.1. The Labute approximate surface area is 157 Å². The van der Waals surface area contributed by atoms with Crippen LogP contribution < -0.4 is 5.32 Å². The monoisotopic (exact) mass is 361 g/mol. The topological polar surface area (TPSA) is 72.5 Å². The summed E-state index contributed by atoms with van der Waals surface area (Å²) >= 11 is 0. The van der Waals surface area contributed by atoms with Crippen LogP contribution >= 0.6 is 0 Å². The lowest BCUT2D eigenvalue weighted by Gasteiger charge is -2.09. The third-order valence-electron chi connectivity index (χ3n) is 4.08. The molecule has 0 spiro atoms. The van der Waals surface area contributed by atoms with Crippen molar-refractivity contribution >= 4 is 34.1 Å². The SMILES string of the molecule is O=C(COC(=O)CCC(=O)c1ccccc1)Nc1cccc2ccccc12. The van der Waals surface area contributed by atoms with E-state index in [1.807, 2.05) is 42.5 Å². The first kappa shape index (κ1) is 18.3. The number of benzene rings is 3. The van der Waals surface area contributed by atoms with Crippen LogP contribution in [0.2, 0.25) is 0 Å². The second-order valence-electron chi connectivity index (χ2n) is 6.02. The minimum atomic E-state index is -0.577. The number of ether oxygens (including phenoxy) is 1. The number of fused-ring (bicyclic) bond motifs is 1. The lowest BCUT2D eigenvalue weighted by molar-refractivity contribution is -0.147. The predicted octanol–water partition coefficient (Wildman–Crippen LogP) is 3.98. The molecule has 0 aliphatic rings. The molecule has 27 heavy (non-hydrogen) atoms. The summed E-state index contributed by atoms with van der Waals surface area (Å²) in [5.41, 5.74) is 1.22. The summed E-state index contributed by atoms with van der Waals surface area (Å²) in [4.78, 5) is 35.8. The van der Waals surface area contributed by atoms with E-state index < -0.39 is 11.9 Å². The maximum atomic E-state index is 12.1. The summed E-state index contributed by atoms with van der Waals surface area (Å²) in [7, 11) is 0. The zero-order chi connectivity index (χ0) is 19.1. The highest BCUT2D eigenvalue weighted by atomic mass is 16.5. The highest BCUT2D eigenvalue weighted by molar-refractivity contribution is 6.03. The molecule has 3 rings (SSSR count). The number of carbonyl (C=O) groups is 3. The van der Waals surface area contributed by atoms with Gasteiger partial charge in [-0.05, 0) is 11.5 Å². The first-order valence-corrected chi connectivity index (χ1v) is 8.65. The van der Waals surface area contributed by atoms with E-state index >= 15 is 0 Å². The number of esters is 1. The summed E-state index contributed by atoms with van der Waals surface area (Å²) in [6, 6.07) is 22.0. The summed E-state index contributed by atoms with van der Waals surface area (Å²) in [5.74, 6) is -1.13. The van der Waals surface area contributed by atoms with Crippen LogP contribution in [0.5, 0.6) is 0 Å². The minimum absolute atomic E-state index is 0.0494. The summed E-state index contributed by atoms with van der Waals surface area (Å²) in [6.45, 7) is -0.387. The average Bonchev–Trinajstić information content (AvgIpc) is 2.71. The van der Waals surface area contributed by atoms with Gasteiger partial charge in [-0.15, -0.1) is 0 Å². The molecule has 0 heterocycles. The van der Waals surface area contributed by atoms with Gasteiger partial charge < -0.3 is 10.1 Å². The zero-order valence-electron chi connectivity index (χ0n) is 14.7. The molecule has 0 aromatic heterocycles. The van der Waals surface area contributed by atoms with Crippen LogP contribution in [0.3, 0.4) is 0 Å². The Morgan fingerprint density at radius 2 is 1.48 bits per heavy atom. The number of rotatable bonds is 7. The van der Waals surface area contributed by atoms with Gasteiger partial charge in [0, 0.05) is 23.1 Å². The van der Waals surface area contributed by atoms with Gasteiger partial charge in [0.2, 0.25) is 0 Å². The number of anilines is 1. The predicted molar refractivity (Wildman–Crippen MR) is 104 cm³/mol. The standard InChI is InChI=1S/C22H19NO4/c24-20(17-8-2-1-3-9-17)13-14-22(26)27-15-21(25)23-19-12-6-10-16-7-4-5-11-18(16)19/h1-12H,13-15H2,(H,23,25). The smallest absolute Gasteiger partial charge is 0.306 e. The van der Waals surface area contributed by atoms with Gasteiger partial charge in [0.15, 0.2) is 12.4 Å². The number of amides is 1. The van der Waals surface area contributed by atoms with Gasteiger partial charge in [-0.2, -0.15) is 0 Å². The molecular formula is C22H19NO4. The molecule has 5 heteroatoms. The normalized spacial score (nSPS) is 10.4. The molecule has 0 saturated carbocycles. The van der Waals surface area contributed by atoms with Crippen molar-refractivity contribution in [2.24, 2.45) is 0 Å². The molecule has 3 aromatic rings. The van der Waals surface area contributed by atoms with Gasteiger partial charge in [-0.3, -0.25) is 14.4 Å². The Bertz CT molecular complexity index is 961. The van der Waals surface area contributed by atoms with E-state index in [2.05, 4.69) is 5.32 Å². The third-order valence-corrected chi connectivity index (χ3v) is 4.08. The van der Waals surface area contributed by atoms with E-state index in [0.29, 0.717) is 11.3 Å². The summed E-state index contributed by atoms with van der Waals surface area (Å²) in [6.07, 6.45) is -0.0108. The number of hydrogen-bond acceptors (Lipinski definition) is 4. The number of hydrogen-bond donors (Lipinski definition) is 1. The molecule has 1 amide bonds. The van der Waals surface area contributed by atoms with Gasteiger partial charge in [-0.1, -0.05) is 66.7 Å². The lowest BCUT2D eigenvalue weighted by atomic mass is 10.1. The van der Waals surface area contributed by atoms with Crippen LogP contribution in [0.25, 0.3) is 10.8 Å². The Kier molecular flexibility index (Phi) is 5.94. The van der Waals surface area contributed by atoms with E-state index in [9.17, 15) is 14.4 Å². The van der Waals surface area contributed by atoms with Crippen molar-refractivity contribution < 1.29 is 19.1 Å². The number of nitrogens with one attached hydrogen (secondary N) is 1. The Morgan fingerprint density at radius 3 is 2.30 bits per heavy atom. The zero-order valence-corrected chi connectivity index (χ0v) is 14.7. The van der Waals surface area contributed by atoms with Crippen LogP contribution in [0.1, 0.15) is 23.2 Å². The summed E-state index contributed by atoms with van der Waals surface area (Å²) in [5, 5.41) is 4.66. The van der Waals surface area contributed by atoms with Gasteiger partial charge in [0.05, 0.1) is 6.42 Å². The van der Waals surface area contributed by atoms with Crippen LogP contribution in [-0.2, 0) is 14.3 Å². The van der Waals surface area contributed by atoms with E-state index in [1.54, 1.807) is 30.3 Å². The molecule has 0 saturated heterocycles. The fraction of sp³-hybridized carbons (Fsp3) is 0.136. The first-order valence-electron chi connectivity index (χ1n) is 8.65. The molecule has 0 aliphatic carbocycles. The van der Waals surface area contributed by atoms with E-state index in [0.717, 1.165) is 10.8 Å². The van der Waals surface area contributed by atoms with Gasteiger partial charge >= 0.3 is 5.97 Å². The number of ketones is 1. The second kappa shape index (κ2) is 8.76. The van der Waals surface area contributed by atoms with Gasteiger partial charge in [0.25, 0.3) is 5.91 Å². The molecule has 136 valence electrons. The average molecular weight is 361 g/mol. The van der Waals surface area contributed by atoms with Crippen LogP contribution in [0.4, 0.5) is 5.69 Å². The van der Waals surface area contributed by atoms with E-state index in [4.69, 9.17) is 4.74 Å². The second-order valence-corrected chi connectivity index (χ2v) is 6.02. The van der Waals surface area contributed by atoms with Gasteiger partial charge in [0.1, 0.15) is 0 Å². The Hall–Kier alpha value is -3.47. The minimum Gasteiger partial charge on any atom is -0.456 e. The summed E-state index contributed by atoms with van der Waals surface area (Å²) < 4.78 is 4.97. The molecule has 0 unspecified atom stereocenters. The molecule has 0 aliphatic heterocycles. The quantitative estimate of drug-likeness (QED) is 0.510. The molecule has 1 N–H and O–H groups in total. The maximum Gasteiger partial charge on any atom is 0.306 e. The van der Waals surface area contributed by atoms with Crippen molar-refractivity contribution in [1.82, 2.24) is 0 Å². The van der Waals surface area contributed by atoms with Crippen molar-refractivity contribution in [2.75, 3.05) is 11.9 Å². The van der Waals surface area contributed by atoms with Crippen molar-refractivity contribution in [3.05, 3.63) is 78.4 Å². The largest absolute Gasteiger partial charge is 0.456 e. The van der Waals surface area contributed by atoms with Crippen molar-refractivity contribution in [3.63, 3.8) is 0 Å². The molecule has 5 nitrogen and oxygen atoms in total. The number of carbonyl (C=O) groups excluding carboxylic acids is 3. The van der Waals surface area contributed by atoms with Crippen molar-refractivity contribution in [2.45, 2.75) is 12.8 Å². The Morgan fingerprint density at radius 1 is 0.778 bits per heavy atom. The van der Waals surface area contributed by atoms with Crippen molar-refractivity contribution in [1.29, 1.82) is 0 Å². The van der Waals surface area contributed by atoms with Crippen molar-refractivity contribution in [3.8, 4) is 0 Å². The molecule has 0 radical (unpaired) electrons. The van der Waals surface area contributed by atoms with Crippen LogP contribution in [0, 0.1) is 0 Å². The lowest BCUT2D eigenvalue weighted by Crippen LogP contribution is -2.21. The first-order chi connectivity index (χ1) is 13.1. The molecular weight excluding hydrogens is 342 g/mol. The van der Waals surface area contributed by atoms with Crippen LogP contribution in [-0.4, -0.2) is 24.3 Å². The molecule has 0 atom stereocenters. The Balaban J connectivity index is 1.47. The highest BCUT2D eigenvalue weighted by Gasteiger charge is 2.12.